The first-order valence-corrected chi connectivity index (χ1v) is 21.9. The van der Waals surface area contributed by atoms with E-state index in [1.165, 1.54) is 0 Å². The van der Waals surface area contributed by atoms with Crippen molar-refractivity contribution in [3.63, 3.8) is 0 Å². The summed E-state index contributed by atoms with van der Waals surface area (Å²) in [5, 5.41) is 11.0. The molecule has 3 aliphatic heterocycles. The number of ether oxygens (including phenoxy) is 9. The Morgan fingerprint density at radius 2 is 1.63 bits per heavy atom. The number of carbonyl (C=O) groups excluding carboxylic acids is 2. The average Bonchev–Trinajstić information content (AvgIpc) is 3.59. The molecule has 0 bridgehead atoms. The summed E-state index contributed by atoms with van der Waals surface area (Å²) < 4.78 is 57.4. The number of methoxy groups -OCH3 is 1. The van der Waals surface area contributed by atoms with Crippen molar-refractivity contribution in [1.29, 1.82) is 0 Å². The zero-order valence-corrected chi connectivity index (χ0v) is 39.1. The predicted octanol–water partition coefficient (Wildman–Crippen LogP) is 6.34. The molecule has 0 aromatic heterocycles. The van der Waals surface area contributed by atoms with E-state index < -0.39 is 71.8 Å². The third-order valence-electron chi connectivity index (χ3n) is 12.3. The third kappa shape index (κ3) is 12.4. The first-order valence-electron chi connectivity index (χ1n) is 21.9. The normalized spacial score (nSPS) is 27.2. The van der Waals surface area contributed by atoms with Crippen LogP contribution in [0.1, 0.15) is 91.1 Å². The number of rotatable bonds is 20. The summed E-state index contributed by atoms with van der Waals surface area (Å²) in [4.78, 5) is 31.1. The smallest absolute Gasteiger partial charge is 0.340 e. The van der Waals surface area contributed by atoms with E-state index >= 15 is 0 Å². The van der Waals surface area contributed by atoms with Gasteiger partial charge in [0.05, 0.1) is 60.8 Å². The fraction of sp³-hybridized carbons (Fsp3) is 0.667. The van der Waals surface area contributed by atoms with Crippen LogP contribution in [-0.2, 0) is 54.0 Å². The van der Waals surface area contributed by atoms with E-state index in [-0.39, 0.29) is 24.7 Å². The van der Waals surface area contributed by atoms with E-state index in [0.717, 1.165) is 5.56 Å². The summed E-state index contributed by atoms with van der Waals surface area (Å²) >= 11 is 0. The van der Waals surface area contributed by atoms with Gasteiger partial charge in [-0.1, -0.05) is 62.4 Å². The number of likely N-dealkylation sites (N-methyl/N-ethyl adjacent to an activating group) is 2. The van der Waals surface area contributed by atoms with Crippen molar-refractivity contribution in [3.8, 4) is 0 Å². The molecular weight excluding hydrogens is 797 g/mol. The number of hydrogen-bond donors (Lipinski definition) is 1. The Hall–Kier alpha value is -3.44. The van der Waals surface area contributed by atoms with Gasteiger partial charge < -0.3 is 52.6 Å². The van der Waals surface area contributed by atoms with Gasteiger partial charge in [-0.15, -0.1) is 0 Å². The Bertz CT molecular complexity index is 1790. The largest absolute Gasteiger partial charge is 0.456 e. The van der Waals surface area contributed by atoms with Crippen molar-refractivity contribution >= 4 is 11.9 Å². The number of aliphatic hydroxyl groups excluding tert-OH is 1. The maximum atomic E-state index is 13.7. The Kier molecular flexibility index (Phi) is 16.8. The molecule has 2 aromatic rings. The summed E-state index contributed by atoms with van der Waals surface area (Å²) in [7, 11) is 7.51. The van der Waals surface area contributed by atoms with E-state index in [0.29, 0.717) is 49.5 Å². The van der Waals surface area contributed by atoms with Crippen molar-refractivity contribution in [2.24, 2.45) is 11.8 Å². The monoisotopic (exact) mass is 869 g/mol. The molecule has 346 valence electrons. The number of hydrogen-bond acceptors (Lipinski definition) is 14. The second-order valence-electron chi connectivity index (χ2n) is 18.7. The fourth-order valence-electron chi connectivity index (χ4n) is 9.10. The van der Waals surface area contributed by atoms with E-state index in [1.54, 1.807) is 52.1 Å². The Labute approximate surface area is 369 Å². The summed E-state index contributed by atoms with van der Waals surface area (Å²) in [6.07, 6.45) is -2.80. The zero-order chi connectivity index (χ0) is 45.6. The maximum Gasteiger partial charge on any atom is 0.340 e. The van der Waals surface area contributed by atoms with Crippen LogP contribution in [0.2, 0.25) is 0 Å². The Balaban J connectivity index is 1.46. The highest BCUT2D eigenvalue weighted by Gasteiger charge is 2.51. The molecule has 0 aliphatic carbocycles. The van der Waals surface area contributed by atoms with Crippen LogP contribution in [-0.4, -0.2) is 141 Å². The number of cyclic esters (lactones) is 1. The summed E-state index contributed by atoms with van der Waals surface area (Å²) in [5.74, 6) is -3.22. The van der Waals surface area contributed by atoms with E-state index in [1.807, 2.05) is 97.1 Å². The Morgan fingerprint density at radius 1 is 0.984 bits per heavy atom. The lowest BCUT2D eigenvalue weighted by Gasteiger charge is -2.48. The molecule has 11 atom stereocenters. The molecule has 6 unspecified atom stereocenters. The number of benzene rings is 2. The van der Waals surface area contributed by atoms with Gasteiger partial charge in [-0.3, -0.25) is 4.90 Å². The molecule has 14 nitrogen and oxygen atoms in total. The van der Waals surface area contributed by atoms with Crippen LogP contribution in [0.4, 0.5) is 0 Å². The van der Waals surface area contributed by atoms with Gasteiger partial charge in [-0.2, -0.15) is 0 Å². The molecule has 2 aromatic carbocycles. The van der Waals surface area contributed by atoms with Crippen molar-refractivity contribution in [1.82, 2.24) is 9.80 Å². The van der Waals surface area contributed by atoms with Crippen LogP contribution in [0, 0.1) is 11.8 Å². The van der Waals surface area contributed by atoms with Crippen LogP contribution >= 0.6 is 0 Å². The van der Waals surface area contributed by atoms with E-state index in [9.17, 15) is 14.7 Å². The van der Waals surface area contributed by atoms with Crippen molar-refractivity contribution < 1.29 is 57.3 Å². The molecule has 14 heteroatoms. The number of esters is 2. The minimum absolute atomic E-state index is 0.0551. The lowest BCUT2D eigenvalue weighted by atomic mass is 9.80. The number of aliphatic hydroxyl groups is 1. The fourth-order valence-corrected chi connectivity index (χ4v) is 9.10. The highest BCUT2D eigenvalue weighted by Crippen LogP contribution is 2.41. The van der Waals surface area contributed by atoms with Crippen LogP contribution in [0.15, 0.2) is 72.0 Å². The van der Waals surface area contributed by atoms with Crippen LogP contribution in [0.3, 0.4) is 0 Å². The molecule has 62 heavy (non-hydrogen) atoms. The molecule has 0 radical (unpaired) electrons. The predicted molar refractivity (Wildman–Crippen MR) is 233 cm³/mol. The standard InChI is InChI=1S/C48H72N2O12/c1-30(26-50(12)37(27-51)40(38-29-56-46(5,6)60-38)55-28-34-20-16-14-17-21-34)25-48(9,54-13)42(32(3)39-33(4)43(52)62-47(7,8)61-39)59-45-41(36(49(10)11)24-31(2)57-45)58-44(53)35-22-18-15-19-23-35/h14-23,30-32,36-38,40-42,45,51H,24-29H2,1-13H3/t30?,31-,32?,36+,37?,38+,40?,41-,42?,45+,48?/m1/s1. The number of nitrogens with zero attached hydrogens (tertiary/aromatic N) is 2. The van der Waals surface area contributed by atoms with Gasteiger partial charge in [0.1, 0.15) is 18.0 Å². The van der Waals surface area contributed by atoms with Crippen LogP contribution in [0.25, 0.3) is 0 Å². The molecular formula is C48H72N2O12. The average molecular weight is 869 g/mol. The topological polar surface area (TPSA) is 144 Å². The lowest BCUT2D eigenvalue weighted by Crippen LogP contribution is -2.60. The molecule has 2 saturated heterocycles. The van der Waals surface area contributed by atoms with Gasteiger partial charge in [-0.05, 0) is 92.2 Å². The number of carbonyl (C=O) groups is 2. The second kappa shape index (κ2) is 21.0. The van der Waals surface area contributed by atoms with Gasteiger partial charge >= 0.3 is 11.9 Å². The lowest BCUT2D eigenvalue weighted by molar-refractivity contribution is -0.298. The van der Waals surface area contributed by atoms with Crippen molar-refractivity contribution in [2.45, 2.75) is 148 Å². The molecule has 0 saturated carbocycles. The van der Waals surface area contributed by atoms with Gasteiger partial charge in [-0.25, -0.2) is 9.59 Å². The van der Waals surface area contributed by atoms with Crippen molar-refractivity contribution in [2.75, 3.05) is 48.0 Å². The molecule has 5 rings (SSSR count). The highest BCUT2D eigenvalue weighted by atomic mass is 16.8. The maximum absolute atomic E-state index is 13.7. The first kappa shape index (κ1) is 49.6. The van der Waals surface area contributed by atoms with Gasteiger partial charge in [0.25, 0.3) is 0 Å². The third-order valence-corrected chi connectivity index (χ3v) is 12.3. The summed E-state index contributed by atoms with van der Waals surface area (Å²) in [6, 6.07) is 18.1. The van der Waals surface area contributed by atoms with E-state index in [4.69, 9.17) is 42.6 Å². The minimum Gasteiger partial charge on any atom is -0.456 e. The van der Waals surface area contributed by atoms with Crippen LogP contribution in [0.5, 0.6) is 0 Å². The molecule has 0 spiro atoms. The molecule has 2 fully saturated rings. The van der Waals surface area contributed by atoms with Gasteiger partial charge in [0, 0.05) is 33.4 Å². The Morgan fingerprint density at radius 3 is 2.21 bits per heavy atom. The summed E-state index contributed by atoms with van der Waals surface area (Å²) in [6.45, 7) is 17.8. The summed E-state index contributed by atoms with van der Waals surface area (Å²) in [5.41, 5.74) is 0.696. The van der Waals surface area contributed by atoms with Crippen LogP contribution < -0.4 is 0 Å². The van der Waals surface area contributed by atoms with E-state index in [2.05, 4.69) is 11.8 Å². The highest BCUT2D eigenvalue weighted by molar-refractivity contribution is 5.90. The van der Waals surface area contributed by atoms with Gasteiger partial charge in [0.2, 0.25) is 5.79 Å². The molecule has 3 aliphatic rings. The molecule has 0 amide bonds. The minimum atomic E-state index is -1.23. The first-order chi connectivity index (χ1) is 29.2. The van der Waals surface area contributed by atoms with Gasteiger partial charge in [0.15, 0.2) is 18.2 Å². The molecule has 1 N–H and O–H groups in total. The zero-order valence-electron chi connectivity index (χ0n) is 39.1. The quantitative estimate of drug-likeness (QED) is 0.148. The molecule has 3 heterocycles. The second-order valence-corrected chi connectivity index (χ2v) is 18.7. The van der Waals surface area contributed by atoms with Crippen molar-refractivity contribution in [3.05, 3.63) is 83.1 Å². The SMILES string of the molecule is COC(C)(CC(C)CN(C)C(CO)C(OCc1ccccc1)[C@@H]1COC(C)(C)O1)C(O[C@@H]1O[C@H](C)C[C@H](N(C)C)[C@H]1OC(=O)c1ccccc1)C(C)C1=C(C)C(=O)OC(C)(C)O1.